The van der Waals surface area contributed by atoms with E-state index in [1.54, 1.807) is 0 Å². The van der Waals surface area contributed by atoms with Gasteiger partial charge in [-0.1, -0.05) is 0 Å². The van der Waals surface area contributed by atoms with Crippen LogP contribution in [0.4, 0.5) is 0 Å². The van der Waals surface area contributed by atoms with Crippen molar-refractivity contribution in [2.24, 2.45) is 5.92 Å². The molecule has 2 saturated heterocycles. The maximum atomic E-state index is 9.02. The highest BCUT2D eigenvalue weighted by Crippen LogP contribution is 2.36. The second kappa shape index (κ2) is 2.76. The highest BCUT2D eigenvalue weighted by Gasteiger charge is 2.37. The summed E-state index contributed by atoms with van der Waals surface area (Å²) < 4.78 is 0. The largest absolute Gasteiger partial charge is 0.396 e. The Bertz CT molecular complexity index is 134. The van der Waals surface area contributed by atoms with Crippen LogP contribution in [-0.2, 0) is 0 Å². The topological polar surface area (TPSA) is 23.5 Å². The number of hydrogen-bond donors (Lipinski definition) is 1. The molecule has 11 heavy (non-hydrogen) atoms. The third-order valence-electron chi connectivity index (χ3n) is 3.45. The Kier molecular flexibility index (Phi) is 1.90. The van der Waals surface area contributed by atoms with Crippen LogP contribution < -0.4 is 0 Å². The van der Waals surface area contributed by atoms with Crippen LogP contribution in [0.1, 0.15) is 25.7 Å². The van der Waals surface area contributed by atoms with Gasteiger partial charge in [0.05, 0.1) is 0 Å². The first-order chi connectivity index (χ1) is 5.31. The summed E-state index contributed by atoms with van der Waals surface area (Å²) in [7, 11) is 2.23. The molecule has 2 bridgehead atoms. The minimum Gasteiger partial charge on any atom is -0.396 e. The summed E-state index contributed by atoms with van der Waals surface area (Å²) in [5, 5.41) is 9.02. The Morgan fingerprint density at radius 3 is 2.27 bits per heavy atom. The van der Waals surface area contributed by atoms with Gasteiger partial charge >= 0.3 is 0 Å². The lowest BCUT2D eigenvalue weighted by Gasteiger charge is -2.35. The molecular weight excluding hydrogens is 138 g/mol. The Hall–Kier alpha value is -0.0800. The van der Waals surface area contributed by atoms with Crippen LogP contribution in [0.3, 0.4) is 0 Å². The summed E-state index contributed by atoms with van der Waals surface area (Å²) in [5.41, 5.74) is 0. The molecule has 0 unspecified atom stereocenters. The molecule has 2 fully saturated rings. The minimum atomic E-state index is 0.404. The zero-order valence-electron chi connectivity index (χ0n) is 7.16. The number of rotatable bonds is 1. The van der Waals surface area contributed by atoms with E-state index in [1.165, 1.54) is 25.7 Å². The maximum absolute atomic E-state index is 9.02. The van der Waals surface area contributed by atoms with Gasteiger partial charge in [0.2, 0.25) is 0 Å². The summed E-state index contributed by atoms with van der Waals surface area (Å²) in [5.74, 6) is 0.601. The second-order valence-corrected chi connectivity index (χ2v) is 4.07. The summed E-state index contributed by atoms with van der Waals surface area (Å²) >= 11 is 0. The number of nitrogens with zero attached hydrogens (tertiary/aromatic N) is 1. The van der Waals surface area contributed by atoms with E-state index in [2.05, 4.69) is 11.9 Å². The molecule has 2 heteroatoms. The predicted octanol–water partition coefficient (Wildman–Crippen LogP) is 0.851. The average molecular weight is 155 g/mol. The van der Waals surface area contributed by atoms with Crippen molar-refractivity contribution in [1.82, 2.24) is 4.90 Å². The van der Waals surface area contributed by atoms with E-state index in [0.717, 1.165) is 12.1 Å². The lowest BCUT2D eigenvalue weighted by Crippen LogP contribution is -2.40. The van der Waals surface area contributed by atoms with Crippen LogP contribution >= 0.6 is 0 Å². The molecule has 0 aromatic carbocycles. The van der Waals surface area contributed by atoms with Crippen LogP contribution in [0.2, 0.25) is 0 Å². The van der Waals surface area contributed by atoms with Crippen molar-refractivity contribution < 1.29 is 5.11 Å². The highest BCUT2D eigenvalue weighted by molar-refractivity contribution is 4.92. The molecule has 2 nitrogen and oxygen atoms in total. The van der Waals surface area contributed by atoms with Gasteiger partial charge in [0, 0.05) is 18.7 Å². The summed E-state index contributed by atoms with van der Waals surface area (Å²) in [6, 6.07) is 1.57. The van der Waals surface area contributed by atoms with Crippen molar-refractivity contribution in [2.45, 2.75) is 37.8 Å². The molecule has 0 amide bonds. The van der Waals surface area contributed by atoms with Gasteiger partial charge in [0.1, 0.15) is 0 Å². The lowest BCUT2D eigenvalue weighted by atomic mass is 9.92. The number of hydrogen-bond acceptors (Lipinski definition) is 2. The Labute approximate surface area is 68.2 Å². The molecule has 2 heterocycles. The molecular formula is C9H17NO. The van der Waals surface area contributed by atoms with E-state index in [0.29, 0.717) is 12.5 Å². The monoisotopic (exact) mass is 155 g/mol. The average Bonchev–Trinajstić information content (AvgIpc) is 2.26. The summed E-state index contributed by atoms with van der Waals surface area (Å²) in [6.07, 6.45) is 5.17. The van der Waals surface area contributed by atoms with E-state index in [4.69, 9.17) is 5.11 Å². The standard InChI is InChI=1S/C9H17NO/c1-10-8-2-3-9(10)5-7(4-8)6-11/h7-9,11H,2-6H2,1H3/t7-,8-,9+. The second-order valence-electron chi connectivity index (χ2n) is 4.07. The van der Waals surface area contributed by atoms with Crippen molar-refractivity contribution in [3.8, 4) is 0 Å². The Balaban J connectivity index is 2.02. The third kappa shape index (κ3) is 1.18. The van der Waals surface area contributed by atoms with Crippen LogP contribution in [0.5, 0.6) is 0 Å². The van der Waals surface area contributed by atoms with Gasteiger partial charge in [-0.25, -0.2) is 0 Å². The predicted molar refractivity (Wildman–Crippen MR) is 44.4 cm³/mol. The van der Waals surface area contributed by atoms with Gasteiger partial charge in [-0.05, 0) is 38.6 Å². The van der Waals surface area contributed by atoms with Crippen molar-refractivity contribution in [3.05, 3.63) is 0 Å². The molecule has 64 valence electrons. The summed E-state index contributed by atoms with van der Waals surface area (Å²) in [6.45, 7) is 0.404. The Morgan fingerprint density at radius 2 is 1.82 bits per heavy atom. The normalized spacial score (nSPS) is 44.7. The molecule has 1 N–H and O–H groups in total. The van der Waals surface area contributed by atoms with Crippen LogP contribution in [-0.4, -0.2) is 35.7 Å². The van der Waals surface area contributed by atoms with Gasteiger partial charge in [-0.15, -0.1) is 0 Å². The van der Waals surface area contributed by atoms with Crippen LogP contribution in [0.25, 0.3) is 0 Å². The minimum absolute atomic E-state index is 0.404. The van der Waals surface area contributed by atoms with Gasteiger partial charge in [0.15, 0.2) is 0 Å². The van der Waals surface area contributed by atoms with Gasteiger partial charge in [-0.3, -0.25) is 0 Å². The van der Waals surface area contributed by atoms with Gasteiger partial charge < -0.3 is 10.0 Å². The van der Waals surface area contributed by atoms with Crippen LogP contribution in [0.15, 0.2) is 0 Å². The van der Waals surface area contributed by atoms with E-state index < -0.39 is 0 Å². The smallest absolute Gasteiger partial charge is 0.0460 e. The summed E-state index contributed by atoms with van der Waals surface area (Å²) in [4.78, 5) is 2.51. The van der Waals surface area contributed by atoms with Crippen molar-refractivity contribution in [2.75, 3.05) is 13.7 Å². The van der Waals surface area contributed by atoms with E-state index in [-0.39, 0.29) is 0 Å². The first kappa shape index (κ1) is 7.56. The highest BCUT2D eigenvalue weighted by atomic mass is 16.3. The van der Waals surface area contributed by atoms with E-state index in [1.807, 2.05) is 0 Å². The zero-order valence-corrected chi connectivity index (χ0v) is 7.16. The van der Waals surface area contributed by atoms with Gasteiger partial charge in [-0.2, -0.15) is 0 Å². The molecule has 2 aliphatic heterocycles. The quantitative estimate of drug-likeness (QED) is 0.607. The first-order valence-corrected chi connectivity index (χ1v) is 4.64. The molecule has 2 rings (SSSR count). The van der Waals surface area contributed by atoms with Crippen molar-refractivity contribution in [1.29, 1.82) is 0 Å². The molecule has 2 aliphatic rings. The molecule has 0 aliphatic carbocycles. The Morgan fingerprint density at radius 1 is 1.27 bits per heavy atom. The first-order valence-electron chi connectivity index (χ1n) is 4.64. The molecule has 0 saturated carbocycles. The fourth-order valence-electron chi connectivity index (χ4n) is 2.67. The molecule has 0 spiro atoms. The number of aliphatic hydroxyl groups excluding tert-OH is 1. The van der Waals surface area contributed by atoms with E-state index in [9.17, 15) is 0 Å². The van der Waals surface area contributed by atoms with Crippen LogP contribution in [0, 0.1) is 5.92 Å². The molecule has 0 aromatic heterocycles. The third-order valence-corrected chi connectivity index (χ3v) is 3.45. The van der Waals surface area contributed by atoms with Gasteiger partial charge in [0.25, 0.3) is 0 Å². The zero-order chi connectivity index (χ0) is 7.84. The lowest BCUT2D eigenvalue weighted by molar-refractivity contribution is 0.0945. The molecule has 0 aromatic rings. The SMILES string of the molecule is CN1[C@@H]2CC[C@H]1C[C@H](CO)C2. The van der Waals surface area contributed by atoms with Crippen molar-refractivity contribution >= 4 is 0 Å². The fourth-order valence-corrected chi connectivity index (χ4v) is 2.67. The molecule has 3 atom stereocenters. The number of piperidine rings is 1. The number of fused-ring (bicyclic) bond motifs is 2. The maximum Gasteiger partial charge on any atom is 0.0460 e. The molecule has 0 radical (unpaired) electrons. The number of aliphatic hydroxyl groups is 1. The van der Waals surface area contributed by atoms with E-state index >= 15 is 0 Å². The fraction of sp³-hybridized carbons (Fsp3) is 1.00. The van der Waals surface area contributed by atoms with Crippen molar-refractivity contribution in [3.63, 3.8) is 0 Å².